The van der Waals surface area contributed by atoms with Crippen LogP contribution in [0.2, 0.25) is 0 Å². The van der Waals surface area contributed by atoms with Crippen LogP contribution in [0, 0.1) is 0 Å². The lowest BCUT2D eigenvalue weighted by Crippen LogP contribution is -2.57. The van der Waals surface area contributed by atoms with Crippen LogP contribution in [0.5, 0.6) is 0 Å². The van der Waals surface area contributed by atoms with E-state index in [-0.39, 0.29) is 24.2 Å². The first-order chi connectivity index (χ1) is 11.5. The highest BCUT2D eigenvalue weighted by molar-refractivity contribution is 7.92. The van der Waals surface area contributed by atoms with Crippen LogP contribution in [-0.4, -0.2) is 57.3 Å². The SMILES string of the molecule is Cn1cnnc1S(=O)(=O)C1CN(C(=O)c2c[nH]c3ccccc23)C1. The molecular weight excluding hydrogens is 330 g/mol. The molecule has 4 rings (SSSR count). The maximum absolute atomic E-state index is 12.6. The molecule has 124 valence electrons. The van der Waals surface area contributed by atoms with Gasteiger partial charge in [0.2, 0.25) is 15.0 Å². The van der Waals surface area contributed by atoms with E-state index in [1.54, 1.807) is 13.2 Å². The number of hydrogen-bond donors (Lipinski definition) is 1. The number of rotatable bonds is 3. The fourth-order valence-electron chi connectivity index (χ4n) is 2.90. The maximum atomic E-state index is 12.6. The van der Waals surface area contributed by atoms with E-state index < -0.39 is 15.1 Å². The second-order valence-electron chi connectivity index (χ2n) is 5.85. The largest absolute Gasteiger partial charge is 0.360 e. The molecule has 9 heteroatoms. The summed E-state index contributed by atoms with van der Waals surface area (Å²) in [4.78, 5) is 17.2. The predicted molar refractivity (Wildman–Crippen MR) is 86.2 cm³/mol. The Labute approximate surface area is 138 Å². The number of H-pyrrole nitrogens is 1. The molecule has 1 amide bonds. The third-order valence-electron chi connectivity index (χ3n) is 4.32. The van der Waals surface area contributed by atoms with Crippen molar-refractivity contribution in [2.45, 2.75) is 10.4 Å². The molecule has 0 unspecified atom stereocenters. The second-order valence-corrected chi connectivity index (χ2v) is 7.97. The van der Waals surface area contributed by atoms with Crippen molar-refractivity contribution in [1.82, 2.24) is 24.6 Å². The van der Waals surface area contributed by atoms with Gasteiger partial charge in [-0.15, -0.1) is 10.2 Å². The number of para-hydroxylation sites is 1. The minimum Gasteiger partial charge on any atom is -0.360 e. The number of carbonyl (C=O) groups is 1. The van der Waals surface area contributed by atoms with Gasteiger partial charge in [-0.1, -0.05) is 18.2 Å². The lowest BCUT2D eigenvalue weighted by atomic mass is 10.1. The van der Waals surface area contributed by atoms with Gasteiger partial charge in [-0.05, 0) is 6.07 Å². The van der Waals surface area contributed by atoms with Crippen LogP contribution < -0.4 is 0 Å². The Morgan fingerprint density at radius 1 is 1.29 bits per heavy atom. The number of hydrogen-bond acceptors (Lipinski definition) is 5. The number of aromatic nitrogens is 4. The van der Waals surface area contributed by atoms with Gasteiger partial charge in [0.25, 0.3) is 5.91 Å². The van der Waals surface area contributed by atoms with Crippen LogP contribution in [-0.2, 0) is 16.9 Å². The molecule has 0 bridgehead atoms. The molecule has 2 aromatic heterocycles. The number of likely N-dealkylation sites (tertiary alicyclic amines) is 1. The summed E-state index contributed by atoms with van der Waals surface area (Å²) in [5.74, 6) is -0.170. The molecule has 1 saturated heterocycles. The molecule has 1 aliphatic rings. The first-order valence-electron chi connectivity index (χ1n) is 7.42. The molecule has 1 fully saturated rings. The minimum absolute atomic E-state index is 0.0632. The second kappa shape index (κ2) is 5.17. The van der Waals surface area contributed by atoms with E-state index in [9.17, 15) is 13.2 Å². The maximum Gasteiger partial charge on any atom is 0.256 e. The topological polar surface area (TPSA) is 101 Å². The van der Waals surface area contributed by atoms with E-state index in [4.69, 9.17) is 0 Å². The number of aromatic amines is 1. The number of aryl methyl sites for hydroxylation is 1. The van der Waals surface area contributed by atoms with Crippen molar-refractivity contribution >= 4 is 26.6 Å². The van der Waals surface area contributed by atoms with Gasteiger partial charge < -0.3 is 14.5 Å². The summed E-state index contributed by atoms with van der Waals surface area (Å²) < 4.78 is 26.4. The van der Waals surface area contributed by atoms with E-state index >= 15 is 0 Å². The van der Waals surface area contributed by atoms with Crippen molar-refractivity contribution in [3.8, 4) is 0 Å². The molecule has 3 aromatic rings. The zero-order valence-electron chi connectivity index (χ0n) is 12.9. The summed E-state index contributed by atoms with van der Waals surface area (Å²) in [5.41, 5.74) is 1.43. The lowest BCUT2D eigenvalue weighted by Gasteiger charge is -2.38. The van der Waals surface area contributed by atoms with Crippen LogP contribution >= 0.6 is 0 Å². The molecule has 1 aliphatic heterocycles. The molecule has 1 aromatic carbocycles. The molecule has 0 radical (unpaired) electrons. The van der Waals surface area contributed by atoms with Gasteiger partial charge in [-0.25, -0.2) is 8.42 Å². The predicted octanol–water partition coefficient (Wildman–Crippen LogP) is 0.595. The van der Waals surface area contributed by atoms with Crippen molar-refractivity contribution in [2.24, 2.45) is 7.05 Å². The van der Waals surface area contributed by atoms with E-state index in [0.29, 0.717) is 5.56 Å². The molecule has 24 heavy (non-hydrogen) atoms. The fraction of sp³-hybridized carbons (Fsp3) is 0.267. The third kappa shape index (κ3) is 2.12. The third-order valence-corrected chi connectivity index (χ3v) is 6.37. The van der Waals surface area contributed by atoms with E-state index in [1.807, 2.05) is 24.3 Å². The Morgan fingerprint density at radius 2 is 2.04 bits per heavy atom. The molecule has 0 atom stereocenters. The highest BCUT2D eigenvalue weighted by atomic mass is 32.2. The standard InChI is InChI=1S/C15H15N5O3S/c1-19-9-17-18-15(19)24(22,23)10-7-20(8-10)14(21)12-6-16-13-5-3-2-4-11(12)13/h2-6,9-10,16H,7-8H2,1H3. The van der Waals surface area contributed by atoms with Gasteiger partial charge >= 0.3 is 0 Å². The quantitative estimate of drug-likeness (QED) is 0.749. The number of amides is 1. The number of benzene rings is 1. The monoisotopic (exact) mass is 345 g/mol. The van der Waals surface area contributed by atoms with Gasteiger partial charge in [0.05, 0.1) is 5.56 Å². The normalized spacial score (nSPS) is 15.6. The Bertz CT molecular complexity index is 1030. The average Bonchev–Trinajstić information content (AvgIpc) is 3.11. The smallest absolute Gasteiger partial charge is 0.256 e. The van der Waals surface area contributed by atoms with Gasteiger partial charge in [0, 0.05) is 37.2 Å². The summed E-state index contributed by atoms with van der Waals surface area (Å²) >= 11 is 0. The van der Waals surface area contributed by atoms with E-state index in [1.165, 1.54) is 15.8 Å². The highest BCUT2D eigenvalue weighted by Crippen LogP contribution is 2.26. The van der Waals surface area contributed by atoms with Crippen molar-refractivity contribution in [2.75, 3.05) is 13.1 Å². The zero-order chi connectivity index (χ0) is 16.9. The first-order valence-corrected chi connectivity index (χ1v) is 8.96. The number of fused-ring (bicyclic) bond motifs is 1. The van der Waals surface area contributed by atoms with E-state index in [0.717, 1.165) is 10.9 Å². The van der Waals surface area contributed by atoms with Crippen molar-refractivity contribution < 1.29 is 13.2 Å². The van der Waals surface area contributed by atoms with Gasteiger partial charge in [0.1, 0.15) is 11.6 Å². The highest BCUT2D eigenvalue weighted by Gasteiger charge is 2.43. The number of sulfone groups is 1. The summed E-state index contributed by atoms with van der Waals surface area (Å²) in [6, 6.07) is 7.51. The number of carbonyl (C=O) groups excluding carboxylic acids is 1. The van der Waals surface area contributed by atoms with Crippen molar-refractivity contribution in [3.63, 3.8) is 0 Å². The molecule has 0 aliphatic carbocycles. The van der Waals surface area contributed by atoms with Crippen LogP contribution in [0.15, 0.2) is 41.9 Å². The summed E-state index contributed by atoms with van der Waals surface area (Å²) in [6.45, 7) is 0.321. The van der Waals surface area contributed by atoms with Crippen LogP contribution in [0.4, 0.5) is 0 Å². The molecule has 0 saturated carbocycles. The fourth-order valence-corrected chi connectivity index (χ4v) is 4.56. The Kier molecular flexibility index (Phi) is 3.20. The summed E-state index contributed by atoms with van der Waals surface area (Å²) in [6.07, 6.45) is 3.01. The van der Waals surface area contributed by atoms with Crippen molar-refractivity contribution in [1.29, 1.82) is 0 Å². The average molecular weight is 345 g/mol. The van der Waals surface area contributed by atoms with Crippen molar-refractivity contribution in [3.05, 3.63) is 42.4 Å². The Morgan fingerprint density at radius 3 is 2.75 bits per heavy atom. The minimum atomic E-state index is -3.58. The lowest BCUT2D eigenvalue weighted by molar-refractivity contribution is 0.0660. The molecular formula is C15H15N5O3S. The van der Waals surface area contributed by atoms with Gasteiger partial charge in [-0.3, -0.25) is 4.79 Å². The first kappa shape index (κ1) is 14.9. The number of nitrogens with one attached hydrogen (secondary N) is 1. The molecule has 0 spiro atoms. The summed E-state index contributed by atoms with van der Waals surface area (Å²) in [5, 5.41) is 7.40. The Balaban J connectivity index is 1.54. The Hall–Kier alpha value is -2.68. The molecule has 3 heterocycles. The number of nitrogens with zero attached hydrogens (tertiary/aromatic N) is 4. The molecule has 8 nitrogen and oxygen atoms in total. The summed E-state index contributed by atoms with van der Waals surface area (Å²) in [7, 11) is -2.00. The van der Waals surface area contributed by atoms with Crippen LogP contribution in [0.3, 0.4) is 0 Å². The molecule has 1 N–H and O–H groups in total. The van der Waals surface area contributed by atoms with Gasteiger partial charge in [0.15, 0.2) is 0 Å². The van der Waals surface area contributed by atoms with Crippen LogP contribution in [0.25, 0.3) is 10.9 Å². The zero-order valence-corrected chi connectivity index (χ0v) is 13.7. The van der Waals surface area contributed by atoms with E-state index in [2.05, 4.69) is 15.2 Å². The van der Waals surface area contributed by atoms with Gasteiger partial charge in [-0.2, -0.15) is 0 Å². The van der Waals surface area contributed by atoms with Crippen LogP contribution in [0.1, 0.15) is 10.4 Å².